The first-order valence-corrected chi connectivity index (χ1v) is 15.0. The van der Waals surface area contributed by atoms with E-state index in [9.17, 15) is 14.4 Å². The lowest BCUT2D eigenvalue weighted by Crippen LogP contribution is -2.56. The molecular formula is C33H39N3O7. The summed E-state index contributed by atoms with van der Waals surface area (Å²) in [5, 5.41) is 6.18. The molecule has 10 heteroatoms. The summed E-state index contributed by atoms with van der Waals surface area (Å²) < 4.78 is 22.6. The second kappa shape index (κ2) is 11.9. The number of ether oxygens (including phenoxy) is 4. The lowest BCUT2D eigenvalue weighted by molar-refractivity contribution is -0.141. The fourth-order valence-electron chi connectivity index (χ4n) is 7.25. The third kappa shape index (κ3) is 5.22. The minimum Gasteiger partial charge on any atom is -0.497 e. The number of hydrogen-bond donors (Lipinski definition) is 2. The number of nitrogens with zero attached hydrogens (tertiary/aromatic N) is 1. The second-order valence-electron chi connectivity index (χ2n) is 11.7. The Balaban J connectivity index is 1.28. The van der Waals surface area contributed by atoms with Gasteiger partial charge >= 0.3 is 0 Å². The van der Waals surface area contributed by atoms with Crippen LogP contribution in [0.3, 0.4) is 0 Å². The van der Waals surface area contributed by atoms with Crippen molar-refractivity contribution in [1.29, 1.82) is 0 Å². The first kappa shape index (κ1) is 29.0. The molecule has 3 aliphatic heterocycles. The maximum Gasteiger partial charge on any atom is 0.246 e. The summed E-state index contributed by atoms with van der Waals surface area (Å²) in [5.74, 6) is -0.584. The zero-order chi connectivity index (χ0) is 30.1. The molecule has 1 spiro atoms. The van der Waals surface area contributed by atoms with Crippen LogP contribution in [0.4, 0.5) is 5.69 Å². The fourth-order valence-corrected chi connectivity index (χ4v) is 7.25. The summed E-state index contributed by atoms with van der Waals surface area (Å²) in [7, 11) is 4.72. The minimum atomic E-state index is -1.21. The van der Waals surface area contributed by atoms with E-state index in [-0.39, 0.29) is 30.3 Å². The maximum absolute atomic E-state index is 14.3. The van der Waals surface area contributed by atoms with Crippen molar-refractivity contribution >= 4 is 23.4 Å². The van der Waals surface area contributed by atoms with Crippen molar-refractivity contribution in [2.24, 2.45) is 11.8 Å². The van der Waals surface area contributed by atoms with Gasteiger partial charge in [-0.2, -0.15) is 0 Å². The predicted octanol–water partition coefficient (Wildman–Crippen LogP) is 3.49. The summed E-state index contributed by atoms with van der Waals surface area (Å²) in [6.07, 6.45) is 8.68. The van der Waals surface area contributed by atoms with Gasteiger partial charge in [0.2, 0.25) is 17.7 Å². The number of benzene rings is 2. The molecule has 2 N–H and O–H groups in total. The molecule has 3 heterocycles. The van der Waals surface area contributed by atoms with Gasteiger partial charge in [0.25, 0.3) is 0 Å². The average Bonchev–Trinajstić information content (AvgIpc) is 3.67. The highest BCUT2D eigenvalue weighted by atomic mass is 16.5. The molecule has 2 saturated heterocycles. The van der Waals surface area contributed by atoms with Crippen molar-refractivity contribution in [2.75, 3.05) is 33.2 Å². The molecule has 2 aromatic rings. The Kier molecular flexibility index (Phi) is 8.05. The van der Waals surface area contributed by atoms with E-state index in [1.54, 1.807) is 50.5 Å². The normalized spacial score (nSPS) is 27.6. The predicted molar refractivity (Wildman–Crippen MR) is 159 cm³/mol. The molecule has 5 atom stereocenters. The van der Waals surface area contributed by atoms with Crippen LogP contribution in [0.5, 0.6) is 17.2 Å². The summed E-state index contributed by atoms with van der Waals surface area (Å²) in [6, 6.07) is 11.9. The van der Waals surface area contributed by atoms with Gasteiger partial charge in [-0.05, 0) is 49.1 Å². The number of carbonyl (C=O) groups excluding carboxylic acids is 3. The Labute approximate surface area is 251 Å². The summed E-state index contributed by atoms with van der Waals surface area (Å²) in [6.45, 7) is 0.279. The molecule has 3 amide bonds. The molecule has 2 aromatic carbocycles. The highest BCUT2D eigenvalue weighted by molar-refractivity contribution is 6.02. The summed E-state index contributed by atoms with van der Waals surface area (Å²) in [5.41, 5.74) is 0.279. The van der Waals surface area contributed by atoms with Crippen LogP contribution < -0.4 is 24.8 Å². The first-order chi connectivity index (χ1) is 20.9. The highest BCUT2D eigenvalue weighted by Gasteiger charge is 2.72. The molecule has 3 fully saturated rings. The van der Waals surface area contributed by atoms with Gasteiger partial charge in [0, 0.05) is 24.3 Å². The van der Waals surface area contributed by atoms with Gasteiger partial charge in [-0.25, -0.2) is 0 Å². The average molecular weight is 590 g/mol. The standard InChI is InChI=1S/C33H39N3O7/c1-40-23-11-7-10-22(19-23)35-30(37)27-25-14-16-33(43-25)28(27)32(39)36(29(33)31(38)34-21-8-5-4-6-9-21)17-15-20-12-13-24(41-2)26(18-20)42-3/h7,10-14,16,18-19,21,25,27-29H,4-6,8-9,15,17H2,1-3H3,(H,34,38)(H,35,37). The van der Waals surface area contributed by atoms with Crippen LogP contribution in [0.2, 0.25) is 0 Å². The Morgan fingerprint density at radius 2 is 1.77 bits per heavy atom. The van der Waals surface area contributed by atoms with Crippen LogP contribution in [0.25, 0.3) is 0 Å². The fraction of sp³-hybridized carbons (Fsp3) is 0.485. The van der Waals surface area contributed by atoms with Crippen molar-refractivity contribution in [3.05, 3.63) is 60.2 Å². The van der Waals surface area contributed by atoms with E-state index in [4.69, 9.17) is 18.9 Å². The Hall–Kier alpha value is -4.05. The molecule has 6 rings (SSSR count). The number of amides is 3. The Morgan fingerprint density at radius 1 is 0.977 bits per heavy atom. The van der Waals surface area contributed by atoms with Crippen molar-refractivity contribution < 1.29 is 33.3 Å². The van der Waals surface area contributed by atoms with Crippen molar-refractivity contribution in [3.8, 4) is 17.2 Å². The number of nitrogens with one attached hydrogen (secondary N) is 2. The SMILES string of the molecule is COc1cccc(NC(=O)C2C3C=CC4(O3)C2C(=O)N(CCc2ccc(OC)c(OC)c2)C4C(=O)NC2CCCCC2)c1. The number of carbonyl (C=O) groups is 3. The summed E-state index contributed by atoms with van der Waals surface area (Å²) >= 11 is 0. The third-order valence-electron chi connectivity index (χ3n) is 9.30. The van der Waals surface area contributed by atoms with Crippen molar-refractivity contribution in [2.45, 2.75) is 62.3 Å². The molecule has 10 nitrogen and oxygen atoms in total. The van der Waals surface area contributed by atoms with Gasteiger partial charge in [0.15, 0.2) is 11.5 Å². The van der Waals surface area contributed by atoms with E-state index in [2.05, 4.69) is 10.6 Å². The quantitative estimate of drug-likeness (QED) is 0.408. The lowest BCUT2D eigenvalue weighted by atomic mass is 9.74. The van der Waals surface area contributed by atoms with Crippen LogP contribution >= 0.6 is 0 Å². The largest absolute Gasteiger partial charge is 0.497 e. The number of hydrogen-bond acceptors (Lipinski definition) is 7. The van der Waals surface area contributed by atoms with Gasteiger partial charge in [-0.3, -0.25) is 14.4 Å². The smallest absolute Gasteiger partial charge is 0.246 e. The Bertz CT molecular complexity index is 1420. The molecule has 1 saturated carbocycles. The number of anilines is 1. The zero-order valence-corrected chi connectivity index (χ0v) is 24.8. The molecule has 2 bridgehead atoms. The lowest BCUT2D eigenvalue weighted by Gasteiger charge is -2.34. The van der Waals surface area contributed by atoms with Crippen LogP contribution in [-0.2, 0) is 25.5 Å². The van der Waals surface area contributed by atoms with E-state index in [0.717, 1.165) is 37.7 Å². The van der Waals surface area contributed by atoms with Gasteiger partial charge in [0.05, 0.1) is 39.3 Å². The molecular weight excluding hydrogens is 550 g/mol. The molecule has 43 heavy (non-hydrogen) atoms. The van der Waals surface area contributed by atoms with E-state index in [0.29, 0.717) is 29.4 Å². The van der Waals surface area contributed by atoms with Crippen molar-refractivity contribution in [1.82, 2.24) is 10.2 Å². The monoisotopic (exact) mass is 589 g/mol. The molecule has 0 aromatic heterocycles. The van der Waals surface area contributed by atoms with E-state index in [1.807, 2.05) is 30.4 Å². The van der Waals surface area contributed by atoms with E-state index in [1.165, 1.54) is 0 Å². The van der Waals surface area contributed by atoms with Crippen LogP contribution in [-0.4, -0.2) is 74.3 Å². The first-order valence-electron chi connectivity index (χ1n) is 15.0. The van der Waals surface area contributed by atoms with Crippen LogP contribution in [0.1, 0.15) is 37.7 Å². The van der Waals surface area contributed by atoms with E-state index >= 15 is 0 Å². The van der Waals surface area contributed by atoms with Gasteiger partial charge in [0.1, 0.15) is 17.4 Å². The topological polar surface area (TPSA) is 115 Å². The zero-order valence-electron chi connectivity index (χ0n) is 24.8. The van der Waals surface area contributed by atoms with Gasteiger partial charge in [-0.1, -0.05) is 43.5 Å². The number of fused-ring (bicyclic) bond motifs is 1. The molecule has 0 radical (unpaired) electrons. The van der Waals surface area contributed by atoms with Crippen LogP contribution in [0, 0.1) is 11.8 Å². The highest BCUT2D eigenvalue weighted by Crippen LogP contribution is 2.55. The molecule has 5 unspecified atom stereocenters. The van der Waals surface area contributed by atoms with Crippen LogP contribution in [0.15, 0.2) is 54.6 Å². The summed E-state index contributed by atoms with van der Waals surface area (Å²) in [4.78, 5) is 43.7. The van der Waals surface area contributed by atoms with Gasteiger partial charge in [-0.15, -0.1) is 0 Å². The molecule has 4 aliphatic rings. The van der Waals surface area contributed by atoms with E-state index < -0.39 is 29.6 Å². The molecule has 228 valence electrons. The minimum absolute atomic E-state index is 0.0641. The van der Waals surface area contributed by atoms with Gasteiger partial charge < -0.3 is 34.5 Å². The maximum atomic E-state index is 14.3. The number of rotatable bonds is 10. The Morgan fingerprint density at radius 3 is 2.51 bits per heavy atom. The third-order valence-corrected chi connectivity index (χ3v) is 9.30. The number of methoxy groups -OCH3 is 3. The number of likely N-dealkylation sites (tertiary alicyclic amines) is 1. The second-order valence-corrected chi connectivity index (χ2v) is 11.7. The van der Waals surface area contributed by atoms with Crippen molar-refractivity contribution in [3.63, 3.8) is 0 Å². The molecule has 1 aliphatic carbocycles.